The van der Waals surface area contributed by atoms with Gasteiger partial charge in [0.15, 0.2) is 0 Å². The van der Waals surface area contributed by atoms with Crippen LogP contribution in [0.3, 0.4) is 0 Å². The van der Waals surface area contributed by atoms with Crippen molar-refractivity contribution in [2.45, 2.75) is 19.8 Å². The Kier molecular flexibility index (Phi) is 3.59. The molecule has 0 bridgehead atoms. The Morgan fingerprint density at radius 3 is 2.71 bits per heavy atom. The van der Waals surface area contributed by atoms with Gasteiger partial charge in [-0.15, -0.1) is 0 Å². The molecule has 1 aliphatic rings. The van der Waals surface area contributed by atoms with E-state index in [9.17, 15) is 4.79 Å². The van der Waals surface area contributed by atoms with Gasteiger partial charge in [0.25, 0.3) is 5.91 Å². The lowest BCUT2D eigenvalue weighted by atomic mass is 9.80. The van der Waals surface area contributed by atoms with E-state index < -0.39 is 0 Å². The summed E-state index contributed by atoms with van der Waals surface area (Å²) < 4.78 is 0. The maximum Gasteiger partial charge on any atom is 0.256 e. The molecule has 0 spiro atoms. The number of amides is 1. The number of carbonyl (C=O) groups is 1. The van der Waals surface area contributed by atoms with Crippen molar-refractivity contribution in [1.82, 2.24) is 14.9 Å². The molecule has 1 aromatic heterocycles. The van der Waals surface area contributed by atoms with Crippen molar-refractivity contribution in [3.8, 4) is 0 Å². The van der Waals surface area contributed by atoms with Gasteiger partial charge < -0.3 is 10.6 Å². The third-order valence-corrected chi connectivity index (χ3v) is 4.48. The highest BCUT2D eigenvalue weighted by molar-refractivity contribution is 6.04. The fraction of sp³-hybridized carbons (Fsp3) is 0.438. The van der Waals surface area contributed by atoms with E-state index >= 15 is 0 Å². The lowest BCUT2D eigenvalue weighted by Gasteiger charge is -2.38. The van der Waals surface area contributed by atoms with Gasteiger partial charge in [0, 0.05) is 25.5 Å². The number of para-hydroxylation sites is 1. The average molecular weight is 284 g/mol. The van der Waals surface area contributed by atoms with Gasteiger partial charge in [-0.05, 0) is 36.9 Å². The molecule has 2 aromatic rings. The van der Waals surface area contributed by atoms with Gasteiger partial charge in [-0.1, -0.05) is 13.0 Å². The van der Waals surface area contributed by atoms with Gasteiger partial charge in [0.1, 0.15) is 5.52 Å². The summed E-state index contributed by atoms with van der Waals surface area (Å²) in [4.78, 5) is 23.2. The molecule has 1 saturated heterocycles. The monoisotopic (exact) mass is 284 g/mol. The molecule has 1 aliphatic heterocycles. The smallest absolute Gasteiger partial charge is 0.256 e. The summed E-state index contributed by atoms with van der Waals surface area (Å²) in [7, 11) is 0. The molecule has 5 heteroatoms. The van der Waals surface area contributed by atoms with Gasteiger partial charge in [-0.3, -0.25) is 14.8 Å². The van der Waals surface area contributed by atoms with Crippen molar-refractivity contribution in [3.63, 3.8) is 0 Å². The van der Waals surface area contributed by atoms with Gasteiger partial charge in [0.2, 0.25) is 0 Å². The number of benzene rings is 1. The lowest BCUT2D eigenvalue weighted by Crippen LogP contribution is -2.44. The predicted molar refractivity (Wildman–Crippen MR) is 81.8 cm³/mol. The van der Waals surface area contributed by atoms with Crippen LogP contribution in [-0.4, -0.2) is 40.4 Å². The van der Waals surface area contributed by atoms with Gasteiger partial charge in [0.05, 0.1) is 11.1 Å². The van der Waals surface area contributed by atoms with E-state index in [0.29, 0.717) is 17.6 Å². The fourth-order valence-corrected chi connectivity index (χ4v) is 2.79. The molecule has 0 unspecified atom stereocenters. The Bertz CT molecular complexity index is 657. The maximum atomic E-state index is 12.7. The van der Waals surface area contributed by atoms with Crippen molar-refractivity contribution in [2.75, 3.05) is 19.6 Å². The molecule has 1 aromatic carbocycles. The fourth-order valence-electron chi connectivity index (χ4n) is 2.79. The average Bonchev–Trinajstić information content (AvgIpc) is 2.54. The zero-order valence-electron chi connectivity index (χ0n) is 12.2. The number of piperidine rings is 1. The summed E-state index contributed by atoms with van der Waals surface area (Å²) >= 11 is 0. The summed E-state index contributed by atoms with van der Waals surface area (Å²) in [6.45, 7) is 4.37. The molecule has 3 rings (SSSR count). The van der Waals surface area contributed by atoms with E-state index in [0.717, 1.165) is 31.4 Å². The summed E-state index contributed by atoms with van der Waals surface area (Å²) in [6.07, 6.45) is 5.17. The Balaban J connectivity index is 1.85. The molecular formula is C16H20N4O. The summed E-state index contributed by atoms with van der Waals surface area (Å²) in [5, 5.41) is 0. The van der Waals surface area contributed by atoms with Crippen molar-refractivity contribution in [2.24, 2.45) is 11.1 Å². The van der Waals surface area contributed by atoms with Crippen molar-refractivity contribution in [3.05, 3.63) is 36.2 Å². The molecule has 0 atom stereocenters. The van der Waals surface area contributed by atoms with Gasteiger partial charge in [-0.2, -0.15) is 0 Å². The molecule has 0 radical (unpaired) electrons. The minimum atomic E-state index is 0.0418. The second-order valence-corrected chi connectivity index (χ2v) is 6.04. The van der Waals surface area contributed by atoms with Crippen LogP contribution in [0.2, 0.25) is 0 Å². The SMILES string of the molecule is CC1(CN)CCN(C(=O)c2cccc3nccnc23)CC1. The van der Waals surface area contributed by atoms with Crippen LogP contribution >= 0.6 is 0 Å². The first kappa shape index (κ1) is 13.9. The lowest BCUT2D eigenvalue weighted by molar-refractivity contribution is 0.0619. The second kappa shape index (κ2) is 5.41. The molecule has 1 fully saturated rings. The van der Waals surface area contributed by atoms with E-state index in [1.165, 1.54) is 0 Å². The Labute approximate surface area is 124 Å². The highest BCUT2D eigenvalue weighted by atomic mass is 16.2. The zero-order chi connectivity index (χ0) is 14.9. The predicted octanol–water partition coefficient (Wildman–Crippen LogP) is 1.83. The topological polar surface area (TPSA) is 72.1 Å². The number of nitrogens with two attached hydrogens (primary N) is 1. The molecule has 0 aliphatic carbocycles. The summed E-state index contributed by atoms with van der Waals surface area (Å²) in [5.41, 5.74) is 8.06. The van der Waals surface area contributed by atoms with Gasteiger partial charge in [-0.25, -0.2) is 0 Å². The quantitative estimate of drug-likeness (QED) is 0.913. The number of hydrogen-bond acceptors (Lipinski definition) is 4. The highest BCUT2D eigenvalue weighted by Crippen LogP contribution is 2.30. The van der Waals surface area contributed by atoms with Crippen LogP contribution in [0, 0.1) is 5.41 Å². The Morgan fingerprint density at radius 2 is 2.00 bits per heavy atom. The molecule has 0 saturated carbocycles. The third kappa shape index (κ3) is 2.61. The molecule has 1 amide bonds. The first-order valence-corrected chi connectivity index (χ1v) is 7.32. The largest absolute Gasteiger partial charge is 0.339 e. The zero-order valence-corrected chi connectivity index (χ0v) is 12.2. The molecule has 110 valence electrons. The minimum absolute atomic E-state index is 0.0418. The Morgan fingerprint density at radius 1 is 1.29 bits per heavy atom. The number of rotatable bonds is 2. The molecule has 21 heavy (non-hydrogen) atoms. The van der Waals surface area contributed by atoms with E-state index in [1.54, 1.807) is 12.4 Å². The van der Waals surface area contributed by atoms with Crippen molar-refractivity contribution in [1.29, 1.82) is 0 Å². The standard InChI is InChI=1S/C16H20N4O/c1-16(11-17)5-9-20(10-6-16)15(21)12-3-2-4-13-14(12)19-8-7-18-13/h2-4,7-8H,5-6,9-11,17H2,1H3. The van der Waals surface area contributed by atoms with Crippen molar-refractivity contribution >= 4 is 16.9 Å². The van der Waals surface area contributed by atoms with Crippen LogP contribution in [0.1, 0.15) is 30.1 Å². The van der Waals surface area contributed by atoms with Crippen LogP contribution < -0.4 is 5.73 Å². The molecular weight excluding hydrogens is 264 g/mol. The van der Waals surface area contributed by atoms with E-state index in [1.807, 2.05) is 23.1 Å². The number of fused-ring (bicyclic) bond motifs is 1. The second-order valence-electron chi connectivity index (χ2n) is 6.04. The van der Waals surface area contributed by atoms with Crippen LogP contribution in [0.25, 0.3) is 11.0 Å². The third-order valence-electron chi connectivity index (χ3n) is 4.48. The van der Waals surface area contributed by atoms with Crippen LogP contribution in [0.5, 0.6) is 0 Å². The molecule has 5 nitrogen and oxygen atoms in total. The van der Waals surface area contributed by atoms with E-state index in [-0.39, 0.29) is 11.3 Å². The number of nitrogens with zero attached hydrogens (tertiary/aromatic N) is 3. The van der Waals surface area contributed by atoms with Crippen LogP contribution in [0.15, 0.2) is 30.6 Å². The van der Waals surface area contributed by atoms with Crippen LogP contribution in [-0.2, 0) is 0 Å². The van der Waals surface area contributed by atoms with Crippen LogP contribution in [0.4, 0.5) is 0 Å². The Hall–Kier alpha value is -2.01. The summed E-state index contributed by atoms with van der Waals surface area (Å²) in [5.74, 6) is 0.0418. The first-order chi connectivity index (χ1) is 10.1. The number of aromatic nitrogens is 2. The van der Waals surface area contributed by atoms with Crippen molar-refractivity contribution < 1.29 is 4.79 Å². The first-order valence-electron chi connectivity index (χ1n) is 7.32. The normalized spacial score (nSPS) is 17.9. The maximum absolute atomic E-state index is 12.7. The number of carbonyl (C=O) groups excluding carboxylic acids is 1. The summed E-state index contributed by atoms with van der Waals surface area (Å²) in [6, 6.07) is 5.56. The van der Waals surface area contributed by atoms with E-state index in [4.69, 9.17) is 5.73 Å². The highest BCUT2D eigenvalue weighted by Gasteiger charge is 2.31. The van der Waals surface area contributed by atoms with Gasteiger partial charge >= 0.3 is 0 Å². The molecule has 2 heterocycles. The molecule has 2 N–H and O–H groups in total. The van der Waals surface area contributed by atoms with E-state index in [2.05, 4.69) is 16.9 Å². The minimum Gasteiger partial charge on any atom is -0.339 e. The number of hydrogen-bond donors (Lipinski definition) is 1. The number of likely N-dealkylation sites (tertiary alicyclic amines) is 1.